The van der Waals surface area contributed by atoms with Crippen LogP contribution in [0.2, 0.25) is 0 Å². The number of aryl methyl sites for hydroxylation is 3. The Bertz CT molecular complexity index is 814. The molecular formula is C26H36N2O2. The number of amides is 2. The van der Waals surface area contributed by atoms with E-state index in [2.05, 4.69) is 36.5 Å². The average molecular weight is 409 g/mol. The van der Waals surface area contributed by atoms with E-state index in [-0.39, 0.29) is 11.8 Å². The van der Waals surface area contributed by atoms with Gasteiger partial charge in [-0.05, 0) is 54.9 Å². The Morgan fingerprint density at radius 1 is 0.967 bits per heavy atom. The van der Waals surface area contributed by atoms with Crippen LogP contribution >= 0.6 is 0 Å². The second kappa shape index (κ2) is 12.2. The highest BCUT2D eigenvalue weighted by atomic mass is 16.2. The Labute approximate surface area is 181 Å². The van der Waals surface area contributed by atoms with E-state index in [4.69, 9.17) is 0 Å². The first kappa shape index (κ1) is 23.7. The van der Waals surface area contributed by atoms with Crippen LogP contribution in [0.5, 0.6) is 0 Å². The Kier molecular flexibility index (Phi) is 9.59. The first-order valence-corrected chi connectivity index (χ1v) is 11.2. The van der Waals surface area contributed by atoms with Crippen molar-refractivity contribution in [3.05, 3.63) is 70.8 Å². The lowest BCUT2D eigenvalue weighted by Gasteiger charge is -2.31. The van der Waals surface area contributed by atoms with E-state index in [1.54, 1.807) is 4.90 Å². The molecule has 0 spiro atoms. The molecule has 2 amide bonds. The van der Waals surface area contributed by atoms with E-state index in [1.807, 2.05) is 45.0 Å². The van der Waals surface area contributed by atoms with Crippen LogP contribution in [-0.4, -0.2) is 29.3 Å². The van der Waals surface area contributed by atoms with E-state index in [9.17, 15) is 9.59 Å². The van der Waals surface area contributed by atoms with Crippen molar-refractivity contribution < 1.29 is 9.59 Å². The van der Waals surface area contributed by atoms with Crippen molar-refractivity contribution in [2.45, 2.75) is 72.4 Å². The number of nitrogens with one attached hydrogen (secondary N) is 1. The van der Waals surface area contributed by atoms with Crippen LogP contribution in [-0.2, 0) is 29.0 Å². The fourth-order valence-corrected chi connectivity index (χ4v) is 3.59. The molecule has 0 aliphatic heterocycles. The lowest BCUT2D eigenvalue weighted by molar-refractivity contribution is -0.141. The predicted octanol–water partition coefficient (Wildman–Crippen LogP) is 4.82. The van der Waals surface area contributed by atoms with Gasteiger partial charge in [0.15, 0.2) is 0 Å². The maximum absolute atomic E-state index is 13.3. The fraction of sp³-hybridized carbons (Fsp3) is 0.462. The molecule has 1 N–H and O–H groups in total. The third-order valence-electron chi connectivity index (χ3n) is 5.60. The van der Waals surface area contributed by atoms with Crippen molar-refractivity contribution in [3.63, 3.8) is 0 Å². The number of rotatable bonds is 11. The Morgan fingerprint density at radius 2 is 1.63 bits per heavy atom. The summed E-state index contributed by atoms with van der Waals surface area (Å²) in [6.45, 7) is 9.27. The van der Waals surface area contributed by atoms with Gasteiger partial charge in [-0.3, -0.25) is 9.59 Å². The lowest BCUT2D eigenvalue weighted by Crippen LogP contribution is -2.49. The minimum Gasteiger partial charge on any atom is -0.354 e. The van der Waals surface area contributed by atoms with Gasteiger partial charge in [-0.25, -0.2) is 0 Å². The Morgan fingerprint density at radius 3 is 2.23 bits per heavy atom. The van der Waals surface area contributed by atoms with Crippen molar-refractivity contribution in [3.8, 4) is 0 Å². The molecule has 2 aromatic carbocycles. The predicted molar refractivity (Wildman–Crippen MR) is 123 cm³/mol. The number of benzene rings is 2. The van der Waals surface area contributed by atoms with Crippen LogP contribution in [0.15, 0.2) is 48.5 Å². The normalized spacial score (nSPS) is 11.7. The van der Waals surface area contributed by atoms with Crippen LogP contribution in [0, 0.1) is 6.92 Å². The summed E-state index contributed by atoms with van der Waals surface area (Å²) in [6, 6.07) is 16.1. The summed E-state index contributed by atoms with van der Waals surface area (Å²) in [5.41, 5.74) is 4.67. The summed E-state index contributed by atoms with van der Waals surface area (Å²) in [7, 11) is 0. The molecule has 0 bridgehead atoms. The van der Waals surface area contributed by atoms with Crippen molar-refractivity contribution in [2.75, 3.05) is 6.54 Å². The van der Waals surface area contributed by atoms with Crippen LogP contribution in [0.3, 0.4) is 0 Å². The number of nitrogens with zero attached hydrogens (tertiary/aromatic N) is 1. The molecule has 0 unspecified atom stereocenters. The van der Waals surface area contributed by atoms with Gasteiger partial charge in [-0.15, -0.1) is 0 Å². The first-order chi connectivity index (χ1) is 14.5. The first-order valence-electron chi connectivity index (χ1n) is 11.2. The van der Waals surface area contributed by atoms with Crippen LogP contribution in [0.4, 0.5) is 0 Å². The van der Waals surface area contributed by atoms with Crippen LogP contribution < -0.4 is 5.32 Å². The van der Waals surface area contributed by atoms with Crippen LogP contribution in [0.25, 0.3) is 0 Å². The summed E-state index contributed by atoms with van der Waals surface area (Å²) in [5.74, 6) is -0.0371. The summed E-state index contributed by atoms with van der Waals surface area (Å²) in [4.78, 5) is 27.8. The third-order valence-corrected chi connectivity index (χ3v) is 5.60. The minimum absolute atomic E-state index is 0.0244. The van der Waals surface area contributed by atoms with Gasteiger partial charge in [0.05, 0.1) is 0 Å². The van der Waals surface area contributed by atoms with Gasteiger partial charge < -0.3 is 10.2 Å². The highest BCUT2D eigenvalue weighted by molar-refractivity contribution is 5.87. The summed E-state index contributed by atoms with van der Waals surface area (Å²) >= 11 is 0. The monoisotopic (exact) mass is 408 g/mol. The zero-order valence-electron chi connectivity index (χ0n) is 18.9. The quantitative estimate of drug-likeness (QED) is 0.579. The highest BCUT2D eigenvalue weighted by Gasteiger charge is 2.28. The average Bonchev–Trinajstić information content (AvgIpc) is 2.77. The topological polar surface area (TPSA) is 49.4 Å². The van der Waals surface area contributed by atoms with Gasteiger partial charge in [0.2, 0.25) is 11.8 Å². The van der Waals surface area contributed by atoms with Gasteiger partial charge in [0.1, 0.15) is 6.04 Å². The Balaban J connectivity index is 2.18. The summed E-state index contributed by atoms with van der Waals surface area (Å²) in [6.07, 6.45) is 3.56. The molecule has 0 saturated heterocycles. The SMILES string of the molecule is CCCNC(=O)[C@@H](CC)N(Cc1ccccc1C)C(=O)CCc1ccc(CC)cc1. The molecule has 0 aliphatic carbocycles. The fourth-order valence-electron chi connectivity index (χ4n) is 3.59. The van der Waals surface area contributed by atoms with Gasteiger partial charge in [0.25, 0.3) is 0 Å². The van der Waals surface area contributed by atoms with Crippen molar-refractivity contribution in [1.82, 2.24) is 10.2 Å². The summed E-state index contributed by atoms with van der Waals surface area (Å²) < 4.78 is 0. The third kappa shape index (κ3) is 6.72. The van der Waals surface area contributed by atoms with E-state index in [0.717, 1.165) is 29.5 Å². The number of carbonyl (C=O) groups is 2. The highest BCUT2D eigenvalue weighted by Crippen LogP contribution is 2.17. The minimum atomic E-state index is -0.453. The maximum atomic E-state index is 13.3. The molecule has 0 saturated carbocycles. The van der Waals surface area contributed by atoms with E-state index >= 15 is 0 Å². The summed E-state index contributed by atoms with van der Waals surface area (Å²) in [5, 5.41) is 2.97. The standard InChI is InChI=1S/C26H36N2O2/c1-5-18-27-26(30)24(7-3)28(19-23-11-9-8-10-20(23)4)25(29)17-16-22-14-12-21(6-2)13-15-22/h8-15,24H,5-7,16-19H2,1-4H3,(H,27,30)/t24-/m1/s1. The number of hydrogen-bond donors (Lipinski definition) is 1. The van der Waals surface area contributed by atoms with E-state index in [0.29, 0.717) is 32.4 Å². The van der Waals surface area contributed by atoms with Crippen molar-refractivity contribution >= 4 is 11.8 Å². The second-order valence-electron chi connectivity index (χ2n) is 7.83. The second-order valence-corrected chi connectivity index (χ2v) is 7.83. The van der Waals surface area contributed by atoms with Crippen molar-refractivity contribution in [1.29, 1.82) is 0 Å². The molecular weight excluding hydrogens is 372 g/mol. The lowest BCUT2D eigenvalue weighted by atomic mass is 10.0. The zero-order chi connectivity index (χ0) is 21.9. The molecule has 30 heavy (non-hydrogen) atoms. The van der Waals surface area contributed by atoms with Crippen LogP contribution in [0.1, 0.15) is 62.3 Å². The zero-order valence-corrected chi connectivity index (χ0v) is 18.9. The molecule has 2 rings (SSSR count). The van der Waals surface area contributed by atoms with Gasteiger partial charge in [0, 0.05) is 19.5 Å². The molecule has 4 heteroatoms. The molecule has 0 heterocycles. The molecule has 0 fully saturated rings. The van der Waals surface area contributed by atoms with E-state index < -0.39 is 6.04 Å². The largest absolute Gasteiger partial charge is 0.354 e. The molecule has 4 nitrogen and oxygen atoms in total. The molecule has 0 radical (unpaired) electrons. The van der Waals surface area contributed by atoms with Crippen molar-refractivity contribution in [2.24, 2.45) is 0 Å². The Hall–Kier alpha value is -2.62. The van der Waals surface area contributed by atoms with Gasteiger partial charge in [-0.2, -0.15) is 0 Å². The molecule has 1 atom stereocenters. The molecule has 0 aromatic heterocycles. The maximum Gasteiger partial charge on any atom is 0.242 e. The molecule has 2 aromatic rings. The molecule has 162 valence electrons. The number of hydrogen-bond acceptors (Lipinski definition) is 2. The number of carbonyl (C=O) groups excluding carboxylic acids is 2. The van der Waals surface area contributed by atoms with Gasteiger partial charge in [-0.1, -0.05) is 69.3 Å². The molecule has 0 aliphatic rings. The van der Waals surface area contributed by atoms with Gasteiger partial charge >= 0.3 is 0 Å². The van der Waals surface area contributed by atoms with E-state index in [1.165, 1.54) is 5.56 Å². The smallest absolute Gasteiger partial charge is 0.242 e.